The Hall–Kier alpha value is -1.39. The van der Waals surface area contributed by atoms with E-state index in [1.54, 1.807) is 30.3 Å². The molecular weight excluding hydrogens is 272 g/mol. The van der Waals surface area contributed by atoms with Crippen LogP contribution >= 0.6 is 0 Å². The molecule has 0 saturated carbocycles. The minimum Gasteiger partial charge on any atom is -0.388 e. The van der Waals surface area contributed by atoms with E-state index in [-0.39, 0.29) is 4.90 Å². The van der Waals surface area contributed by atoms with Gasteiger partial charge in [-0.15, -0.1) is 13.2 Å². The van der Waals surface area contributed by atoms with E-state index in [1.165, 1.54) is 13.0 Å². The van der Waals surface area contributed by atoms with Gasteiger partial charge in [0.05, 0.1) is 10.5 Å². The molecule has 1 rings (SSSR count). The molecule has 4 heteroatoms. The van der Waals surface area contributed by atoms with E-state index in [9.17, 15) is 13.5 Å². The maximum Gasteiger partial charge on any atom is 0.187 e. The van der Waals surface area contributed by atoms with Gasteiger partial charge < -0.3 is 5.11 Å². The Morgan fingerprint density at radius 3 is 2.30 bits per heavy atom. The molecule has 0 radical (unpaired) electrons. The van der Waals surface area contributed by atoms with Crippen LogP contribution < -0.4 is 0 Å². The molecule has 0 aliphatic carbocycles. The first kappa shape index (κ1) is 16.7. The molecule has 0 aliphatic heterocycles. The van der Waals surface area contributed by atoms with Gasteiger partial charge in [-0.3, -0.25) is 0 Å². The second kappa shape index (κ2) is 6.37. The minimum atomic E-state index is -3.66. The smallest absolute Gasteiger partial charge is 0.187 e. The fourth-order valence-corrected chi connectivity index (χ4v) is 3.97. The van der Waals surface area contributed by atoms with Gasteiger partial charge in [0.15, 0.2) is 9.84 Å². The zero-order chi connectivity index (χ0) is 15.4. The van der Waals surface area contributed by atoms with E-state index in [0.717, 1.165) is 5.56 Å². The van der Waals surface area contributed by atoms with Crippen LogP contribution in [0.2, 0.25) is 0 Å². The highest BCUT2D eigenvalue weighted by molar-refractivity contribution is 7.92. The van der Waals surface area contributed by atoms with Crippen LogP contribution in [0.15, 0.2) is 54.5 Å². The largest absolute Gasteiger partial charge is 0.388 e. The first-order valence-electron chi connectivity index (χ1n) is 6.52. The van der Waals surface area contributed by atoms with Crippen molar-refractivity contribution in [3.05, 3.63) is 55.1 Å². The lowest BCUT2D eigenvalue weighted by Gasteiger charge is -2.30. The summed E-state index contributed by atoms with van der Waals surface area (Å²) in [5, 5.41) is 9.41. The van der Waals surface area contributed by atoms with Gasteiger partial charge in [-0.25, -0.2) is 8.42 Å². The van der Waals surface area contributed by atoms with Gasteiger partial charge in [-0.1, -0.05) is 29.8 Å². The summed E-state index contributed by atoms with van der Waals surface area (Å²) in [6.45, 7) is 10.6. The van der Waals surface area contributed by atoms with Crippen LogP contribution in [0.3, 0.4) is 0 Å². The quantitative estimate of drug-likeness (QED) is 0.786. The van der Waals surface area contributed by atoms with Crippen molar-refractivity contribution < 1.29 is 13.5 Å². The van der Waals surface area contributed by atoms with Crippen LogP contribution in [-0.4, -0.2) is 24.4 Å². The topological polar surface area (TPSA) is 54.4 Å². The fraction of sp³-hybridized carbons (Fsp3) is 0.375. The Morgan fingerprint density at radius 2 is 1.85 bits per heavy atom. The number of allylic oxidation sites excluding steroid dienone is 1. The molecule has 20 heavy (non-hydrogen) atoms. The van der Waals surface area contributed by atoms with Crippen molar-refractivity contribution in [3.8, 4) is 0 Å². The third-order valence-corrected chi connectivity index (χ3v) is 5.66. The van der Waals surface area contributed by atoms with Crippen molar-refractivity contribution in [1.82, 2.24) is 0 Å². The monoisotopic (exact) mass is 294 g/mol. The van der Waals surface area contributed by atoms with Crippen LogP contribution in [0.1, 0.15) is 25.3 Å². The number of benzene rings is 1. The van der Waals surface area contributed by atoms with Gasteiger partial charge in [0.2, 0.25) is 0 Å². The minimum absolute atomic E-state index is 0.201. The first-order valence-corrected chi connectivity index (χ1v) is 8.06. The Kier molecular flexibility index (Phi) is 5.31. The van der Waals surface area contributed by atoms with Crippen molar-refractivity contribution in [2.45, 2.75) is 42.4 Å². The number of aliphatic hydroxyl groups is 1. The normalized spacial score (nSPS) is 16.1. The van der Waals surface area contributed by atoms with Crippen LogP contribution in [-0.2, 0) is 9.84 Å². The van der Waals surface area contributed by atoms with Gasteiger partial charge in [0.25, 0.3) is 0 Å². The lowest BCUT2D eigenvalue weighted by molar-refractivity contribution is 0.0581. The van der Waals surface area contributed by atoms with Gasteiger partial charge >= 0.3 is 0 Å². The number of rotatable bonds is 7. The van der Waals surface area contributed by atoms with Crippen LogP contribution in [0, 0.1) is 6.92 Å². The van der Waals surface area contributed by atoms with Crippen molar-refractivity contribution in [2.24, 2.45) is 0 Å². The molecule has 0 aromatic heterocycles. The van der Waals surface area contributed by atoms with Crippen LogP contribution in [0.25, 0.3) is 0 Å². The van der Waals surface area contributed by atoms with Crippen molar-refractivity contribution in [2.75, 3.05) is 0 Å². The van der Waals surface area contributed by atoms with E-state index in [1.807, 2.05) is 6.92 Å². The van der Waals surface area contributed by atoms with Crippen molar-refractivity contribution in [3.63, 3.8) is 0 Å². The zero-order valence-corrected chi connectivity index (χ0v) is 12.9. The van der Waals surface area contributed by atoms with Crippen LogP contribution in [0.4, 0.5) is 0 Å². The molecule has 1 N–H and O–H groups in total. The van der Waals surface area contributed by atoms with E-state index in [0.29, 0.717) is 12.8 Å². The zero-order valence-electron chi connectivity index (χ0n) is 12.0. The SMILES string of the molecule is C=CCCC(C)(O)C(C=C)S(=O)(=O)c1ccc(C)cc1. The van der Waals surface area contributed by atoms with Crippen molar-refractivity contribution >= 4 is 9.84 Å². The number of sulfone groups is 1. The molecule has 0 heterocycles. The second-order valence-electron chi connectivity index (χ2n) is 5.20. The highest BCUT2D eigenvalue weighted by atomic mass is 32.2. The van der Waals surface area contributed by atoms with E-state index in [4.69, 9.17) is 0 Å². The molecule has 0 bridgehead atoms. The molecule has 0 fully saturated rings. The molecule has 2 atom stereocenters. The summed E-state index contributed by atoms with van der Waals surface area (Å²) in [7, 11) is -3.66. The Bertz CT molecular complexity index is 568. The summed E-state index contributed by atoms with van der Waals surface area (Å²) in [4.78, 5) is 0.201. The van der Waals surface area contributed by atoms with Gasteiger partial charge in [-0.05, 0) is 38.8 Å². The number of hydrogen-bond acceptors (Lipinski definition) is 3. The predicted octanol–water partition coefficient (Wildman–Crippen LogP) is 3.04. The summed E-state index contributed by atoms with van der Waals surface area (Å²) in [6, 6.07) is 6.60. The maximum absolute atomic E-state index is 12.6. The molecule has 0 aliphatic rings. The summed E-state index contributed by atoms with van der Waals surface area (Å²) in [6.07, 6.45) is 3.82. The average Bonchev–Trinajstić information content (AvgIpc) is 2.37. The first-order chi connectivity index (χ1) is 9.25. The summed E-state index contributed by atoms with van der Waals surface area (Å²) in [5.74, 6) is 0. The maximum atomic E-state index is 12.6. The van der Waals surface area contributed by atoms with E-state index < -0.39 is 20.7 Å². The van der Waals surface area contributed by atoms with Gasteiger partial charge in [-0.2, -0.15) is 0 Å². The van der Waals surface area contributed by atoms with Gasteiger partial charge in [0, 0.05) is 0 Å². The summed E-state index contributed by atoms with van der Waals surface area (Å²) in [5.41, 5.74) is -0.392. The van der Waals surface area contributed by atoms with Gasteiger partial charge in [0.1, 0.15) is 5.25 Å². The van der Waals surface area contributed by atoms with E-state index >= 15 is 0 Å². The Labute approximate surface area is 121 Å². The lowest BCUT2D eigenvalue weighted by Crippen LogP contribution is -2.43. The molecule has 0 amide bonds. The summed E-state index contributed by atoms with van der Waals surface area (Å²) < 4.78 is 25.3. The Balaban J connectivity index is 3.19. The fourth-order valence-electron chi connectivity index (χ4n) is 2.13. The molecule has 3 nitrogen and oxygen atoms in total. The van der Waals surface area contributed by atoms with E-state index in [2.05, 4.69) is 13.2 Å². The van der Waals surface area contributed by atoms with Crippen molar-refractivity contribution in [1.29, 1.82) is 0 Å². The van der Waals surface area contributed by atoms with Crippen LogP contribution in [0.5, 0.6) is 0 Å². The molecule has 0 saturated heterocycles. The standard InChI is InChI=1S/C16H22O3S/c1-5-7-12-16(4,17)15(6-2)20(18,19)14-10-8-13(3)9-11-14/h5-6,8-11,15,17H,1-2,7,12H2,3-4H3. The average molecular weight is 294 g/mol. The third-order valence-electron chi connectivity index (χ3n) is 3.37. The molecule has 0 spiro atoms. The molecule has 2 unspecified atom stereocenters. The molecule has 110 valence electrons. The highest BCUT2D eigenvalue weighted by Crippen LogP contribution is 2.29. The molecular formula is C16H22O3S. The highest BCUT2D eigenvalue weighted by Gasteiger charge is 2.39. The Morgan fingerprint density at radius 1 is 1.30 bits per heavy atom. The third kappa shape index (κ3) is 3.58. The molecule has 1 aromatic carbocycles. The number of aryl methyl sites for hydroxylation is 1. The number of hydrogen-bond donors (Lipinski definition) is 1. The molecule has 1 aromatic rings. The second-order valence-corrected chi connectivity index (χ2v) is 7.27. The summed E-state index contributed by atoms with van der Waals surface area (Å²) >= 11 is 0. The predicted molar refractivity (Wildman–Crippen MR) is 82.4 cm³/mol. The lowest BCUT2D eigenvalue weighted by atomic mass is 9.96.